The normalized spacial score (nSPS) is 29.0. The fourth-order valence-electron chi connectivity index (χ4n) is 6.89. The molecule has 4 rings (SSSR count). The first-order chi connectivity index (χ1) is 26.9. The highest BCUT2D eigenvalue weighted by atomic mass is 16.8. The van der Waals surface area contributed by atoms with E-state index in [0.717, 1.165) is 54.1 Å². The molecule has 2 heterocycles. The lowest BCUT2D eigenvalue weighted by Gasteiger charge is -2.46. The van der Waals surface area contributed by atoms with Crippen LogP contribution in [0.4, 0.5) is 0 Å². The fourth-order valence-corrected chi connectivity index (χ4v) is 6.89. The number of carbonyl (C=O) groups excluding carboxylic acids is 8. The second-order valence-corrected chi connectivity index (χ2v) is 13.2. The largest absolute Gasteiger partial charge is 0.472 e. The predicted molar refractivity (Wildman–Crippen MR) is 186 cm³/mol. The van der Waals surface area contributed by atoms with Crippen molar-refractivity contribution in [2.75, 3.05) is 13.7 Å². The molecule has 310 valence electrons. The second-order valence-electron chi connectivity index (χ2n) is 13.2. The van der Waals surface area contributed by atoms with Gasteiger partial charge in [-0.2, -0.15) is 0 Å². The Balaban J connectivity index is 1.72. The zero-order valence-electron chi connectivity index (χ0n) is 32.4. The van der Waals surface area contributed by atoms with Crippen LogP contribution in [0.15, 0.2) is 42.2 Å². The number of benzene rings is 1. The van der Waals surface area contributed by atoms with Crippen molar-refractivity contribution in [1.82, 2.24) is 0 Å². The zero-order chi connectivity index (χ0) is 42.1. The van der Waals surface area contributed by atoms with Crippen LogP contribution in [0.3, 0.4) is 0 Å². The molecule has 1 aromatic rings. The summed E-state index contributed by atoms with van der Waals surface area (Å²) >= 11 is 0. The molecule has 0 aromatic heterocycles. The van der Waals surface area contributed by atoms with E-state index in [0.29, 0.717) is 11.3 Å². The number of ether oxygens (including phenoxy) is 11. The van der Waals surface area contributed by atoms with E-state index < -0.39 is 121 Å². The first kappa shape index (κ1) is 43.9. The molecule has 0 unspecified atom stereocenters. The standard InChI is InChI=1S/C38H44O19/c1-17-29-30(33(31(17)51-20(4)41)56-28(45)14-11-24-9-12-25(13-10-24)50-19(3)40)26(36(46)47-8)15-49-37(29)57-38-35(54-23(7)44)34(53-22(6)43)32(52-21(5)42)27(55-38)16-48-18(2)39/h9-15,17,27,29-35,37-38H,16H2,1-8H3/b14-11+/t17-,27+,29+,30+,31+,32+,33-,34-,35+,37-,38-/m0/s1. The number of methoxy groups -OCH3 is 1. The lowest BCUT2D eigenvalue weighted by molar-refractivity contribution is -0.345. The lowest BCUT2D eigenvalue weighted by Crippen LogP contribution is -2.63. The smallest absolute Gasteiger partial charge is 0.337 e. The summed E-state index contributed by atoms with van der Waals surface area (Å²) in [5.74, 6) is -8.91. The summed E-state index contributed by atoms with van der Waals surface area (Å²) in [6, 6.07) is 6.22. The summed E-state index contributed by atoms with van der Waals surface area (Å²) in [6.07, 6.45) is -8.12. The van der Waals surface area contributed by atoms with Crippen LogP contribution in [0.5, 0.6) is 5.75 Å². The number of rotatable bonds is 13. The number of hydrogen-bond acceptors (Lipinski definition) is 19. The minimum atomic E-state index is -1.69. The Morgan fingerprint density at radius 3 is 1.81 bits per heavy atom. The van der Waals surface area contributed by atoms with Gasteiger partial charge in [-0.05, 0) is 23.8 Å². The summed E-state index contributed by atoms with van der Waals surface area (Å²) in [5.41, 5.74) is 0.435. The number of hydrogen-bond donors (Lipinski definition) is 0. The molecule has 0 radical (unpaired) electrons. The second kappa shape index (κ2) is 19.4. The Morgan fingerprint density at radius 1 is 0.667 bits per heavy atom. The van der Waals surface area contributed by atoms with Crippen LogP contribution in [-0.4, -0.2) is 111 Å². The Kier molecular flexibility index (Phi) is 14.9. The van der Waals surface area contributed by atoms with Gasteiger partial charge in [-0.25, -0.2) is 9.59 Å². The molecule has 2 fully saturated rings. The van der Waals surface area contributed by atoms with Crippen LogP contribution in [0.2, 0.25) is 0 Å². The van der Waals surface area contributed by atoms with Crippen molar-refractivity contribution >= 4 is 53.8 Å². The predicted octanol–water partition coefficient (Wildman–Crippen LogP) is 1.86. The third-order valence-corrected chi connectivity index (χ3v) is 8.97. The number of esters is 8. The summed E-state index contributed by atoms with van der Waals surface area (Å²) in [7, 11) is 1.12. The highest BCUT2D eigenvalue weighted by Gasteiger charge is 2.62. The Labute approximate surface area is 326 Å². The van der Waals surface area contributed by atoms with Gasteiger partial charge >= 0.3 is 47.8 Å². The third-order valence-electron chi connectivity index (χ3n) is 8.97. The van der Waals surface area contributed by atoms with E-state index in [1.54, 1.807) is 19.1 Å². The van der Waals surface area contributed by atoms with Gasteiger partial charge in [0, 0.05) is 65.4 Å². The topological polar surface area (TPSA) is 238 Å². The van der Waals surface area contributed by atoms with E-state index in [1.807, 2.05) is 0 Å². The first-order valence-electron chi connectivity index (χ1n) is 17.6. The number of fused-ring (bicyclic) bond motifs is 1. The van der Waals surface area contributed by atoms with Crippen LogP contribution < -0.4 is 4.74 Å². The van der Waals surface area contributed by atoms with E-state index in [4.69, 9.17) is 52.1 Å². The maximum Gasteiger partial charge on any atom is 0.337 e. The van der Waals surface area contributed by atoms with Crippen molar-refractivity contribution in [3.63, 3.8) is 0 Å². The maximum absolute atomic E-state index is 13.4. The summed E-state index contributed by atoms with van der Waals surface area (Å²) in [5, 5.41) is 0. The van der Waals surface area contributed by atoms with Gasteiger partial charge < -0.3 is 52.1 Å². The van der Waals surface area contributed by atoms with Gasteiger partial charge in [0.25, 0.3) is 0 Å². The molecule has 19 heteroatoms. The van der Waals surface area contributed by atoms with Crippen LogP contribution in [0.25, 0.3) is 6.08 Å². The molecule has 1 saturated heterocycles. The van der Waals surface area contributed by atoms with E-state index in [9.17, 15) is 38.4 Å². The molecule has 3 aliphatic rings. The van der Waals surface area contributed by atoms with Gasteiger partial charge in [-0.3, -0.25) is 28.8 Å². The molecule has 1 aliphatic carbocycles. The Hall–Kier alpha value is -5.82. The molecular weight excluding hydrogens is 760 g/mol. The fraction of sp³-hybridized carbons (Fsp3) is 0.526. The highest BCUT2D eigenvalue weighted by molar-refractivity contribution is 5.90. The van der Waals surface area contributed by atoms with Crippen molar-refractivity contribution < 1.29 is 90.5 Å². The monoisotopic (exact) mass is 804 g/mol. The van der Waals surface area contributed by atoms with Crippen molar-refractivity contribution in [3.8, 4) is 5.75 Å². The average Bonchev–Trinajstić information content (AvgIpc) is 3.38. The molecule has 57 heavy (non-hydrogen) atoms. The van der Waals surface area contributed by atoms with E-state index in [-0.39, 0.29) is 5.57 Å². The minimum absolute atomic E-state index is 0.103. The van der Waals surface area contributed by atoms with Gasteiger partial charge in [0.05, 0.1) is 18.9 Å². The van der Waals surface area contributed by atoms with Crippen LogP contribution in [0.1, 0.15) is 54.0 Å². The molecule has 11 atom stereocenters. The molecule has 2 aliphatic heterocycles. The third kappa shape index (κ3) is 11.4. The Morgan fingerprint density at radius 2 is 1.25 bits per heavy atom. The summed E-state index contributed by atoms with van der Waals surface area (Å²) in [4.78, 5) is 98.9. The molecule has 0 amide bonds. The summed E-state index contributed by atoms with van der Waals surface area (Å²) in [6.45, 7) is 7.80. The van der Waals surface area contributed by atoms with Gasteiger partial charge in [0.2, 0.25) is 12.6 Å². The van der Waals surface area contributed by atoms with Crippen molar-refractivity contribution in [2.45, 2.75) is 97.7 Å². The van der Waals surface area contributed by atoms with Gasteiger partial charge in [0.15, 0.2) is 18.3 Å². The number of carbonyl (C=O) groups is 8. The Bertz CT molecular complexity index is 1760. The molecule has 0 spiro atoms. The molecule has 0 bridgehead atoms. The van der Waals surface area contributed by atoms with Gasteiger partial charge in [0.1, 0.15) is 30.7 Å². The first-order valence-corrected chi connectivity index (χ1v) is 17.6. The zero-order valence-corrected chi connectivity index (χ0v) is 32.4. The van der Waals surface area contributed by atoms with Crippen molar-refractivity contribution in [1.29, 1.82) is 0 Å². The van der Waals surface area contributed by atoms with E-state index in [2.05, 4.69) is 0 Å². The van der Waals surface area contributed by atoms with Crippen molar-refractivity contribution in [2.24, 2.45) is 17.8 Å². The average molecular weight is 805 g/mol. The van der Waals surface area contributed by atoms with Crippen molar-refractivity contribution in [3.05, 3.63) is 47.7 Å². The van der Waals surface area contributed by atoms with E-state index in [1.165, 1.54) is 25.1 Å². The lowest BCUT2D eigenvalue weighted by atomic mass is 9.82. The molecule has 1 saturated carbocycles. The van der Waals surface area contributed by atoms with E-state index >= 15 is 0 Å². The highest BCUT2D eigenvalue weighted by Crippen LogP contribution is 2.50. The molecule has 0 N–H and O–H groups in total. The van der Waals surface area contributed by atoms with Crippen LogP contribution >= 0.6 is 0 Å². The minimum Gasteiger partial charge on any atom is -0.472 e. The van der Waals surface area contributed by atoms with Crippen LogP contribution in [-0.2, 0) is 85.7 Å². The van der Waals surface area contributed by atoms with Gasteiger partial charge in [-0.1, -0.05) is 19.1 Å². The SMILES string of the molecule is COC(=O)C1=CO[C@@H](O[C@@H]2O[C@H](COC(C)=O)[C@@H](OC(C)=O)[C@H](OC(C)=O)[C@H]2OC(C)=O)[C@@H]2[C@H](C)[C@@H](OC(C)=O)[C@@H](OC(=O)/C=C/c3ccc(OC(C)=O)cc3)[C@H]12. The molecule has 19 nitrogen and oxygen atoms in total. The molecule has 1 aromatic carbocycles. The quantitative estimate of drug-likeness (QED) is 0.120. The van der Waals surface area contributed by atoms with Crippen LogP contribution in [0, 0.1) is 17.8 Å². The molecular formula is C38H44O19. The van der Waals surface area contributed by atoms with Gasteiger partial charge in [-0.15, -0.1) is 0 Å². The summed E-state index contributed by atoms with van der Waals surface area (Å²) < 4.78 is 61.5. The maximum atomic E-state index is 13.4.